The van der Waals surface area contributed by atoms with Crippen molar-refractivity contribution < 1.29 is 9.90 Å². The van der Waals surface area contributed by atoms with Crippen molar-refractivity contribution in [3.63, 3.8) is 0 Å². The van der Waals surface area contributed by atoms with Crippen molar-refractivity contribution >= 4 is 58.5 Å². The molecule has 0 fully saturated rings. The van der Waals surface area contributed by atoms with Crippen LogP contribution in [0.1, 0.15) is 10.4 Å². The van der Waals surface area contributed by atoms with Crippen LogP contribution in [0.3, 0.4) is 0 Å². The van der Waals surface area contributed by atoms with E-state index in [1.54, 1.807) is 12.1 Å². The second kappa shape index (κ2) is 5.03. The van der Waals surface area contributed by atoms with Gasteiger partial charge in [0.25, 0.3) is 0 Å². The van der Waals surface area contributed by atoms with Gasteiger partial charge in [-0.1, -0.05) is 40.2 Å². The molecule has 1 N–H and O–H groups in total. The van der Waals surface area contributed by atoms with E-state index in [0.717, 1.165) is 15.2 Å². The number of carboxylic acid groups (broad SMARTS) is 1. The number of fused-ring (bicyclic) bond motifs is 1. The fraction of sp³-hybridized carbons (Fsp3) is 0. The molecule has 0 heterocycles. The van der Waals surface area contributed by atoms with E-state index in [-0.39, 0.29) is 25.8 Å². The van der Waals surface area contributed by atoms with Gasteiger partial charge in [0.1, 0.15) is 0 Å². The summed E-state index contributed by atoms with van der Waals surface area (Å²) in [6, 6.07) is 10.8. The summed E-state index contributed by atoms with van der Waals surface area (Å²) in [5.41, 5.74) is 0.337. The van der Waals surface area contributed by atoms with Crippen LogP contribution in [0.5, 0.6) is 0 Å². The quantitative estimate of drug-likeness (QED) is 0.843. The molecule has 0 saturated heterocycles. The molecule has 4 heteroatoms. The molecule has 0 aliphatic carbocycles. The first-order valence-corrected chi connectivity index (χ1v) is 4.90. The topological polar surface area (TPSA) is 37.3 Å². The molecule has 2 rings (SSSR count). The Kier molecular flexibility index (Phi) is 4.22. The van der Waals surface area contributed by atoms with Crippen LogP contribution in [-0.2, 0) is 0 Å². The van der Waals surface area contributed by atoms with E-state index >= 15 is 0 Å². The van der Waals surface area contributed by atoms with Gasteiger partial charge >= 0.3 is 5.97 Å². The first kappa shape index (κ1) is 12.6. The Morgan fingerprint density at radius 3 is 2.33 bits per heavy atom. The zero-order chi connectivity index (χ0) is 10.1. The minimum absolute atomic E-state index is 0. The van der Waals surface area contributed by atoms with Crippen LogP contribution in [0, 0.1) is 0 Å². The van der Waals surface area contributed by atoms with Crippen molar-refractivity contribution in [3.05, 3.63) is 46.4 Å². The largest absolute Gasteiger partial charge is 0.478 e. The summed E-state index contributed by atoms with van der Waals surface area (Å²) < 4.78 is 0.915. The van der Waals surface area contributed by atoms with Crippen molar-refractivity contribution in [2.45, 2.75) is 0 Å². The molecule has 0 bridgehead atoms. The Bertz CT molecular complexity index is 511. The Balaban J connectivity index is 0.00000112. The van der Waals surface area contributed by atoms with E-state index < -0.39 is 5.97 Å². The van der Waals surface area contributed by atoms with Gasteiger partial charge in [-0.2, -0.15) is 0 Å². The molecule has 2 aromatic rings. The van der Waals surface area contributed by atoms with Crippen LogP contribution >= 0.6 is 15.9 Å². The first-order valence-electron chi connectivity index (χ1n) is 4.10. The second-order valence-electron chi connectivity index (χ2n) is 2.95. The van der Waals surface area contributed by atoms with Gasteiger partial charge in [-0.15, -0.1) is 0 Å². The molecule has 0 amide bonds. The molecule has 0 aliphatic rings. The number of rotatable bonds is 1. The monoisotopic (exact) mass is 365 g/mol. The van der Waals surface area contributed by atoms with Gasteiger partial charge < -0.3 is 5.11 Å². The van der Waals surface area contributed by atoms with Crippen molar-refractivity contribution in [2.75, 3.05) is 0 Å². The molecule has 0 aromatic heterocycles. The minimum atomic E-state index is -0.895. The van der Waals surface area contributed by atoms with Crippen LogP contribution < -0.4 is 0 Å². The Morgan fingerprint density at radius 1 is 1.07 bits per heavy atom. The van der Waals surface area contributed by atoms with E-state index in [1.807, 2.05) is 24.3 Å². The van der Waals surface area contributed by atoms with Crippen LogP contribution in [0.4, 0.5) is 0 Å². The SMILES string of the molecule is O=C(O)c1cccc2c(Br)cccc12.[In]. The summed E-state index contributed by atoms with van der Waals surface area (Å²) in [4.78, 5) is 10.9. The molecule has 0 aliphatic heterocycles. The molecular weight excluding hydrogens is 359 g/mol. The first-order chi connectivity index (χ1) is 6.70. The average molecular weight is 366 g/mol. The predicted molar refractivity (Wildman–Crippen MR) is 64.4 cm³/mol. The molecule has 0 saturated carbocycles. The van der Waals surface area contributed by atoms with E-state index in [9.17, 15) is 4.79 Å². The fourth-order valence-electron chi connectivity index (χ4n) is 1.46. The average Bonchev–Trinajstić information content (AvgIpc) is 2.17. The van der Waals surface area contributed by atoms with Crippen molar-refractivity contribution in [1.82, 2.24) is 0 Å². The Labute approximate surface area is 114 Å². The van der Waals surface area contributed by atoms with Crippen molar-refractivity contribution in [2.24, 2.45) is 0 Å². The number of carboxylic acids is 1. The number of aromatic carboxylic acids is 1. The molecule has 15 heavy (non-hydrogen) atoms. The maximum Gasteiger partial charge on any atom is 0.336 e. The van der Waals surface area contributed by atoms with E-state index in [1.165, 1.54) is 0 Å². The molecule has 73 valence electrons. The van der Waals surface area contributed by atoms with E-state index in [4.69, 9.17) is 5.11 Å². The number of hydrogen-bond acceptors (Lipinski definition) is 1. The zero-order valence-corrected chi connectivity index (χ0v) is 12.7. The molecule has 3 radical (unpaired) electrons. The van der Waals surface area contributed by atoms with Gasteiger partial charge in [0.2, 0.25) is 0 Å². The van der Waals surface area contributed by atoms with Crippen molar-refractivity contribution in [3.8, 4) is 0 Å². The number of carbonyl (C=O) groups is 1. The summed E-state index contributed by atoms with van der Waals surface area (Å²) in [7, 11) is 0. The van der Waals surface area contributed by atoms with Gasteiger partial charge in [0.15, 0.2) is 0 Å². The standard InChI is InChI=1S/C11H7BrO2.In/c12-10-6-2-3-7-8(10)4-1-5-9(7)11(13)14;/h1-6H,(H,13,14);. The smallest absolute Gasteiger partial charge is 0.336 e. The molecular formula is C11H7BrInO2. The predicted octanol–water partition coefficient (Wildman–Crippen LogP) is 2.92. The zero-order valence-electron chi connectivity index (χ0n) is 7.77. The maximum atomic E-state index is 10.9. The van der Waals surface area contributed by atoms with Crippen LogP contribution in [0.25, 0.3) is 10.8 Å². The summed E-state index contributed by atoms with van der Waals surface area (Å²) >= 11 is 3.39. The third-order valence-electron chi connectivity index (χ3n) is 2.10. The van der Waals surface area contributed by atoms with E-state index in [0.29, 0.717) is 5.56 Å². The Morgan fingerprint density at radius 2 is 1.67 bits per heavy atom. The number of benzene rings is 2. The van der Waals surface area contributed by atoms with Crippen LogP contribution in [0.15, 0.2) is 40.9 Å². The fourth-order valence-corrected chi connectivity index (χ4v) is 1.96. The second-order valence-corrected chi connectivity index (χ2v) is 3.80. The summed E-state index contributed by atoms with van der Waals surface area (Å²) in [6.45, 7) is 0. The third-order valence-corrected chi connectivity index (χ3v) is 2.79. The third kappa shape index (κ3) is 2.37. The number of hydrogen-bond donors (Lipinski definition) is 1. The molecule has 0 atom stereocenters. The molecule has 2 nitrogen and oxygen atoms in total. The number of halogens is 1. The Hall–Kier alpha value is -0.480. The van der Waals surface area contributed by atoms with Gasteiger partial charge in [-0.05, 0) is 22.9 Å². The normalized spacial score (nSPS) is 9.67. The summed E-state index contributed by atoms with van der Waals surface area (Å²) in [5, 5.41) is 10.6. The van der Waals surface area contributed by atoms with Crippen LogP contribution in [0.2, 0.25) is 0 Å². The van der Waals surface area contributed by atoms with Gasteiger partial charge in [-0.25, -0.2) is 4.79 Å². The van der Waals surface area contributed by atoms with Gasteiger partial charge in [0.05, 0.1) is 5.56 Å². The maximum absolute atomic E-state index is 10.9. The summed E-state index contributed by atoms with van der Waals surface area (Å²) in [5.74, 6) is -0.895. The van der Waals surface area contributed by atoms with Gasteiger partial charge in [0, 0.05) is 30.3 Å². The van der Waals surface area contributed by atoms with Crippen LogP contribution in [-0.4, -0.2) is 36.9 Å². The van der Waals surface area contributed by atoms with E-state index in [2.05, 4.69) is 15.9 Å². The molecule has 0 spiro atoms. The summed E-state index contributed by atoms with van der Waals surface area (Å²) in [6.07, 6.45) is 0. The van der Waals surface area contributed by atoms with Gasteiger partial charge in [-0.3, -0.25) is 0 Å². The molecule has 2 aromatic carbocycles. The minimum Gasteiger partial charge on any atom is -0.478 e. The molecule has 0 unspecified atom stereocenters. The van der Waals surface area contributed by atoms with Crippen molar-refractivity contribution in [1.29, 1.82) is 0 Å².